The van der Waals surface area contributed by atoms with Crippen molar-refractivity contribution in [3.8, 4) is 0 Å². The van der Waals surface area contributed by atoms with Crippen LogP contribution < -0.4 is 0 Å². The first-order chi connectivity index (χ1) is 8.57. The van der Waals surface area contributed by atoms with Crippen LogP contribution in [0.25, 0.3) is 0 Å². The number of amides is 1. The van der Waals surface area contributed by atoms with Gasteiger partial charge < -0.3 is 19.5 Å². The summed E-state index contributed by atoms with van der Waals surface area (Å²) in [5, 5.41) is 10.3. The van der Waals surface area contributed by atoms with Gasteiger partial charge in [0.15, 0.2) is 0 Å². The van der Waals surface area contributed by atoms with E-state index in [1.165, 1.54) is 0 Å². The smallest absolute Gasteiger partial charge is 0.222 e. The fraction of sp³-hybridized carbons (Fsp3) is 0.923. The van der Waals surface area contributed by atoms with Crippen LogP contribution in [-0.4, -0.2) is 61.5 Å². The van der Waals surface area contributed by atoms with E-state index < -0.39 is 5.60 Å². The highest BCUT2D eigenvalue weighted by atomic mass is 16.5. The highest BCUT2D eigenvalue weighted by Crippen LogP contribution is 2.21. The minimum Gasteiger partial charge on any atom is -0.388 e. The van der Waals surface area contributed by atoms with E-state index in [2.05, 4.69) is 0 Å². The lowest BCUT2D eigenvalue weighted by Crippen LogP contribution is -2.47. The molecule has 1 N–H and O–H groups in total. The van der Waals surface area contributed by atoms with Gasteiger partial charge in [0, 0.05) is 59.3 Å². The summed E-state index contributed by atoms with van der Waals surface area (Å²) in [5.74, 6) is 0.0645. The summed E-state index contributed by atoms with van der Waals surface area (Å²) in [6, 6.07) is 0. The van der Waals surface area contributed by atoms with E-state index in [1.54, 1.807) is 11.9 Å². The molecule has 1 fully saturated rings. The van der Waals surface area contributed by atoms with Crippen LogP contribution in [0.2, 0.25) is 0 Å². The first-order valence-corrected chi connectivity index (χ1v) is 6.69. The normalized spacial score (nSPS) is 18.6. The third-order valence-corrected chi connectivity index (χ3v) is 3.26. The monoisotopic (exact) mass is 259 g/mol. The van der Waals surface area contributed by atoms with Gasteiger partial charge in [0.2, 0.25) is 5.91 Å². The van der Waals surface area contributed by atoms with E-state index in [4.69, 9.17) is 9.47 Å². The molecule has 1 saturated heterocycles. The lowest BCUT2D eigenvalue weighted by Gasteiger charge is -2.35. The van der Waals surface area contributed by atoms with Crippen LogP contribution in [0.4, 0.5) is 0 Å². The molecule has 18 heavy (non-hydrogen) atoms. The number of rotatable bonds is 7. The molecule has 0 aliphatic carbocycles. The molecular formula is C13H25NO4. The Labute approximate surface area is 109 Å². The second-order valence-corrected chi connectivity index (χ2v) is 4.89. The summed E-state index contributed by atoms with van der Waals surface area (Å²) >= 11 is 0. The summed E-state index contributed by atoms with van der Waals surface area (Å²) < 4.78 is 10.4. The van der Waals surface area contributed by atoms with Crippen molar-refractivity contribution in [3.63, 3.8) is 0 Å². The lowest BCUT2D eigenvalue weighted by atomic mass is 9.94. The van der Waals surface area contributed by atoms with Gasteiger partial charge in [0.05, 0.1) is 5.60 Å². The molecule has 1 heterocycles. The van der Waals surface area contributed by atoms with Crippen molar-refractivity contribution in [2.45, 2.75) is 38.2 Å². The zero-order chi connectivity index (χ0) is 13.4. The Morgan fingerprint density at radius 3 is 2.72 bits per heavy atom. The topological polar surface area (TPSA) is 59.0 Å². The zero-order valence-electron chi connectivity index (χ0n) is 11.5. The van der Waals surface area contributed by atoms with Crippen molar-refractivity contribution in [1.29, 1.82) is 0 Å². The Kier molecular flexibility index (Phi) is 6.60. The SMILES string of the molecule is CCOCCCC(=O)N(C)CC1(O)CCOCC1. The van der Waals surface area contributed by atoms with Crippen LogP contribution in [-0.2, 0) is 14.3 Å². The molecule has 1 rings (SSSR count). The highest BCUT2D eigenvalue weighted by molar-refractivity contribution is 5.75. The van der Waals surface area contributed by atoms with Crippen molar-refractivity contribution < 1.29 is 19.4 Å². The molecule has 5 nitrogen and oxygen atoms in total. The minimum absolute atomic E-state index is 0.0645. The number of ether oxygens (including phenoxy) is 2. The summed E-state index contributed by atoms with van der Waals surface area (Å²) in [4.78, 5) is 13.5. The number of likely N-dealkylation sites (N-methyl/N-ethyl adjacent to an activating group) is 1. The molecule has 1 aliphatic rings. The van der Waals surface area contributed by atoms with E-state index in [9.17, 15) is 9.90 Å². The third-order valence-electron chi connectivity index (χ3n) is 3.26. The Balaban J connectivity index is 2.25. The third kappa shape index (κ3) is 5.33. The molecular weight excluding hydrogens is 234 g/mol. The molecule has 1 aliphatic heterocycles. The highest BCUT2D eigenvalue weighted by Gasteiger charge is 2.32. The van der Waals surface area contributed by atoms with Gasteiger partial charge >= 0.3 is 0 Å². The number of nitrogens with zero attached hydrogens (tertiary/aromatic N) is 1. The van der Waals surface area contributed by atoms with Crippen LogP contribution in [0, 0.1) is 0 Å². The Morgan fingerprint density at radius 2 is 2.11 bits per heavy atom. The number of carbonyl (C=O) groups is 1. The van der Waals surface area contributed by atoms with E-state index in [0.717, 1.165) is 6.42 Å². The summed E-state index contributed by atoms with van der Waals surface area (Å²) in [5.41, 5.74) is -0.775. The predicted octanol–water partition coefficient (Wildman–Crippen LogP) is 0.803. The van der Waals surface area contributed by atoms with Crippen LogP contribution >= 0.6 is 0 Å². The predicted molar refractivity (Wildman–Crippen MR) is 68.4 cm³/mol. The maximum atomic E-state index is 11.9. The zero-order valence-corrected chi connectivity index (χ0v) is 11.5. The minimum atomic E-state index is -0.775. The Morgan fingerprint density at radius 1 is 1.44 bits per heavy atom. The molecule has 0 saturated carbocycles. The van der Waals surface area contributed by atoms with Crippen molar-refractivity contribution in [2.75, 3.05) is 40.0 Å². The number of hydrogen-bond donors (Lipinski definition) is 1. The fourth-order valence-corrected chi connectivity index (χ4v) is 2.10. The second-order valence-electron chi connectivity index (χ2n) is 4.89. The lowest BCUT2D eigenvalue weighted by molar-refractivity contribution is -0.137. The van der Waals surface area contributed by atoms with Gasteiger partial charge in [-0.3, -0.25) is 4.79 Å². The van der Waals surface area contributed by atoms with E-state index in [0.29, 0.717) is 52.2 Å². The molecule has 0 unspecified atom stereocenters. The first kappa shape index (κ1) is 15.4. The van der Waals surface area contributed by atoms with Gasteiger partial charge in [0.25, 0.3) is 0 Å². The molecule has 0 spiro atoms. The first-order valence-electron chi connectivity index (χ1n) is 6.69. The van der Waals surface area contributed by atoms with E-state index >= 15 is 0 Å². The largest absolute Gasteiger partial charge is 0.388 e. The van der Waals surface area contributed by atoms with Gasteiger partial charge in [-0.1, -0.05) is 0 Å². The Bertz CT molecular complexity index is 251. The molecule has 0 radical (unpaired) electrons. The van der Waals surface area contributed by atoms with E-state index in [-0.39, 0.29) is 5.91 Å². The molecule has 5 heteroatoms. The van der Waals surface area contributed by atoms with Crippen LogP contribution in [0.15, 0.2) is 0 Å². The van der Waals surface area contributed by atoms with Crippen LogP contribution in [0.1, 0.15) is 32.6 Å². The van der Waals surface area contributed by atoms with Gasteiger partial charge in [-0.25, -0.2) is 0 Å². The standard InChI is InChI=1S/C13H25NO4/c1-3-17-8-4-5-12(15)14(2)11-13(16)6-9-18-10-7-13/h16H,3-11H2,1-2H3. The number of hydrogen-bond acceptors (Lipinski definition) is 4. The molecule has 0 aromatic rings. The van der Waals surface area contributed by atoms with E-state index in [1.807, 2.05) is 6.92 Å². The Hall–Kier alpha value is -0.650. The molecule has 0 aromatic heterocycles. The van der Waals surface area contributed by atoms with Crippen LogP contribution in [0.3, 0.4) is 0 Å². The average Bonchev–Trinajstić information content (AvgIpc) is 2.34. The molecule has 0 aromatic carbocycles. The summed E-state index contributed by atoms with van der Waals surface area (Å²) in [7, 11) is 1.75. The van der Waals surface area contributed by atoms with Gasteiger partial charge in [-0.15, -0.1) is 0 Å². The van der Waals surface area contributed by atoms with Crippen molar-refractivity contribution in [3.05, 3.63) is 0 Å². The van der Waals surface area contributed by atoms with Gasteiger partial charge in [0.1, 0.15) is 0 Å². The summed E-state index contributed by atoms with van der Waals surface area (Å²) in [6.45, 7) is 4.78. The summed E-state index contributed by atoms with van der Waals surface area (Å²) in [6.07, 6.45) is 2.41. The van der Waals surface area contributed by atoms with Gasteiger partial charge in [-0.2, -0.15) is 0 Å². The average molecular weight is 259 g/mol. The quantitative estimate of drug-likeness (QED) is 0.687. The fourth-order valence-electron chi connectivity index (χ4n) is 2.10. The van der Waals surface area contributed by atoms with Gasteiger partial charge in [-0.05, 0) is 13.3 Å². The molecule has 106 valence electrons. The molecule has 0 bridgehead atoms. The molecule has 0 atom stereocenters. The maximum Gasteiger partial charge on any atom is 0.222 e. The van der Waals surface area contributed by atoms with Crippen molar-refractivity contribution >= 4 is 5.91 Å². The maximum absolute atomic E-state index is 11.9. The number of aliphatic hydroxyl groups is 1. The van der Waals surface area contributed by atoms with Crippen LogP contribution in [0.5, 0.6) is 0 Å². The number of carbonyl (C=O) groups excluding carboxylic acids is 1. The second kappa shape index (κ2) is 7.71. The van der Waals surface area contributed by atoms with Crippen molar-refractivity contribution in [1.82, 2.24) is 4.90 Å². The molecule has 1 amide bonds. The van der Waals surface area contributed by atoms with Crippen molar-refractivity contribution in [2.24, 2.45) is 0 Å².